The van der Waals surface area contributed by atoms with Crippen LogP contribution < -0.4 is 16.4 Å². The van der Waals surface area contributed by atoms with E-state index in [2.05, 4.69) is 17.6 Å². The van der Waals surface area contributed by atoms with Crippen LogP contribution in [0.15, 0.2) is 0 Å². The second kappa shape index (κ2) is 11.9. The molecule has 0 saturated carbocycles. The summed E-state index contributed by atoms with van der Waals surface area (Å²) in [5.41, 5.74) is 5.38. The van der Waals surface area contributed by atoms with Gasteiger partial charge in [-0.25, -0.2) is 0 Å². The molecule has 0 aromatic carbocycles. The Morgan fingerprint density at radius 2 is 1.52 bits per heavy atom. The van der Waals surface area contributed by atoms with Gasteiger partial charge in [-0.3, -0.25) is 14.4 Å². The van der Waals surface area contributed by atoms with E-state index in [1.807, 2.05) is 13.8 Å². The number of rotatable bonds is 12. The van der Waals surface area contributed by atoms with Crippen LogP contribution in [0.1, 0.15) is 72.6 Å². The first-order chi connectivity index (χ1) is 10.8. The van der Waals surface area contributed by atoms with Crippen LogP contribution in [-0.4, -0.2) is 29.8 Å². The average molecular weight is 327 g/mol. The molecule has 0 aliphatic heterocycles. The van der Waals surface area contributed by atoms with E-state index in [9.17, 15) is 14.4 Å². The summed E-state index contributed by atoms with van der Waals surface area (Å²) < 4.78 is 0. The van der Waals surface area contributed by atoms with Crippen LogP contribution in [0.3, 0.4) is 0 Å². The molecule has 0 aliphatic rings. The van der Waals surface area contributed by atoms with Crippen LogP contribution in [0.5, 0.6) is 0 Å². The SMILES string of the molecule is CCCCCCCC[C@@H](NC(=O)[C@H](NC(C)=O)C(C)C)C(N)=O. The van der Waals surface area contributed by atoms with E-state index in [1.54, 1.807) is 0 Å². The summed E-state index contributed by atoms with van der Waals surface area (Å²) in [6, 6.07) is -1.33. The van der Waals surface area contributed by atoms with Gasteiger partial charge in [-0.2, -0.15) is 0 Å². The fourth-order valence-corrected chi connectivity index (χ4v) is 2.43. The van der Waals surface area contributed by atoms with Crippen molar-refractivity contribution in [1.29, 1.82) is 0 Å². The molecule has 0 spiro atoms. The van der Waals surface area contributed by atoms with E-state index < -0.39 is 18.0 Å². The summed E-state index contributed by atoms with van der Waals surface area (Å²) in [7, 11) is 0. The van der Waals surface area contributed by atoms with Gasteiger partial charge in [-0.05, 0) is 12.3 Å². The maximum Gasteiger partial charge on any atom is 0.243 e. The Kier molecular flexibility index (Phi) is 11.1. The highest BCUT2D eigenvalue weighted by molar-refractivity contribution is 5.91. The normalized spacial score (nSPS) is 13.4. The Bertz CT molecular complexity index is 383. The fourth-order valence-electron chi connectivity index (χ4n) is 2.43. The van der Waals surface area contributed by atoms with Gasteiger partial charge in [-0.1, -0.05) is 59.3 Å². The van der Waals surface area contributed by atoms with E-state index in [0.29, 0.717) is 6.42 Å². The van der Waals surface area contributed by atoms with Crippen LogP contribution in [0.25, 0.3) is 0 Å². The number of carbonyl (C=O) groups is 3. The standard InChI is InChI=1S/C17H33N3O3/c1-5-6-7-8-9-10-11-14(16(18)22)20-17(23)15(12(2)3)19-13(4)21/h12,14-15H,5-11H2,1-4H3,(H2,18,22)(H,19,21)(H,20,23)/t14-,15-/m1/s1. The lowest BCUT2D eigenvalue weighted by Crippen LogP contribution is -2.54. The molecule has 0 radical (unpaired) electrons. The highest BCUT2D eigenvalue weighted by Gasteiger charge is 2.26. The zero-order chi connectivity index (χ0) is 17.8. The highest BCUT2D eigenvalue weighted by atomic mass is 16.2. The molecule has 0 bridgehead atoms. The smallest absolute Gasteiger partial charge is 0.243 e. The monoisotopic (exact) mass is 327 g/mol. The first-order valence-corrected chi connectivity index (χ1v) is 8.66. The third-order valence-electron chi connectivity index (χ3n) is 3.81. The van der Waals surface area contributed by atoms with Crippen LogP contribution in [0.4, 0.5) is 0 Å². The predicted octanol–water partition coefficient (Wildman–Crippen LogP) is 1.87. The van der Waals surface area contributed by atoms with E-state index in [0.717, 1.165) is 19.3 Å². The molecule has 0 heterocycles. The van der Waals surface area contributed by atoms with Crippen LogP contribution in [0, 0.1) is 5.92 Å². The molecular weight excluding hydrogens is 294 g/mol. The van der Waals surface area contributed by atoms with Crippen LogP contribution in [0.2, 0.25) is 0 Å². The minimum Gasteiger partial charge on any atom is -0.368 e. The molecule has 23 heavy (non-hydrogen) atoms. The van der Waals surface area contributed by atoms with E-state index in [-0.39, 0.29) is 17.7 Å². The molecule has 0 unspecified atom stereocenters. The Morgan fingerprint density at radius 3 is 2.00 bits per heavy atom. The van der Waals surface area contributed by atoms with Gasteiger partial charge in [0.1, 0.15) is 12.1 Å². The Hall–Kier alpha value is -1.59. The van der Waals surface area contributed by atoms with Gasteiger partial charge in [0, 0.05) is 6.92 Å². The zero-order valence-electron chi connectivity index (χ0n) is 15.0. The van der Waals surface area contributed by atoms with Gasteiger partial charge in [0.2, 0.25) is 17.7 Å². The lowest BCUT2D eigenvalue weighted by atomic mass is 10.0. The molecule has 4 N–H and O–H groups in total. The lowest BCUT2D eigenvalue weighted by Gasteiger charge is -2.24. The number of nitrogens with two attached hydrogens (primary N) is 1. The van der Waals surface area contributed by atoms with Gasteiger partial charge in [-0.15, -0.1) is 0 Å². The molecule has 6 heteroatoms. The number of nitrogens with one attached hydrogen (secondary N) is 2. The predicted molar refractivity (Wildman–Crippen MR) is 91.6 cm³/mol. The molecule has 0 rings (SSSR count). The number of hydrogen-bond donors (Lipinski definition) is 3. The number of amides is 3. The molecule has 6 nitrogen and oxygen atoms in total. The maximum absolute atomic E-state index is 12.3. The summed E-state index contributed by atoms with van der Waals surface area (Å²) >= 11 is 0. The van der Waals surface area contributed by atoms with Crippen molar-refractivity contribution in [2.45, 2.75) is 84.7 Å². The van der Waals surface area contributed by atoms with Gasteiger partial charge in [0.25, 0.3) is 0 Å². The van der Waals surface area contributed by atoms with Crippen molar-refractivity contribution in [3.63, 3.8) is 0 Å². The Morgan fingerprint density at radius 1 is 0.957 bits per heavy atom. The van der Waals surface area contributed by atoms with Crippen molar-refractivity contribution >= 4 is 17.7 Å². The largest absolute Gasteiger partial charge is 0.368 e. The average Bonchev–Trinajstić information content (AvgIpc) is 2.46. The second-order valence-corrected chi connectivity index (χ2v) is 6.44. The number of primary amides is 1. The van der Waals surface area contributed by atoms with Crippen molar-refractivity contribution < 1.29 is 14.4 Å². The minimum atomic E-state index is -0.677. The summed E-state index contributed by atoms with van der Waals surface area (Å²) in [6.45, 7) is 7.21. The van der Waals surface area contributed by atoms with Crippen molar-refractivity contribution in [3.05, 3.63) is 0 Å². The van der Waals surface area contributed by atoms with Crippen LogP contribution >= 0.6 is 0 Å². The zero-order valence-corrected chi connectivity index (χ0v) is 15.0. The lowest BCUT2D eigenvalue weighted by molar-refractivity contribution is -0.131. The topological polar surface area (TPSA) is 101 Å². The van der Waals surface area contributed by atoms with Gasteiger partial charge in [0.15, 0.2) is 0 Å². The number of carbonyl (C=O) groups excluding carboxylic acids is 3. The van der Waals surface area contributed by atoms with Crippen molar-refractivity contribution in [2.24, 2.45) is 11.7 Å². The molecule has 0 aliphatic carbocycles. The van der Waals surface area contributed by atoms with Gasteiger partial charge < -0.3 is 16.4 Å². The molecular formula is C17H33N3O3. The summed E-state index contributed by atoms with van der Waals surface area (Å²) in [5, 5.41) is 5.29. The number of unbranched alkanes of at least 4 members (excludes halogenated alkanes) is 5. The number of hydrogen-bond acceptors (Lipinski definition) is 3. The molecule has 0 fully saturated rings. The summed E-state index contributed by atoms with van der Waals surface area (Å²) in [5.74, 6) is -1.23. The Labute approximate surface area is 140 Å². The third kappa shape index (κ3) is 9.92. The molecule has 0 saturated heterocycles. The highest BCUT2D eigenvalue weighted by Crippen LogP contribution is 2.09. The minimum absolute atomic E-state index is 0.0681. The molecule has 3 amide bonds. The third-order valence-corrected chi connectivity index (χ3v) is 3.81. The quantitative estimate of drug-likeness (QED) is 0.477. The van der Waals surface area contributed by atoms with Crippen molar-refractivity contribution in [3.8, 4) is 0 Å². The molecule has 2 atom stereocenters. The van der Waals surface area contributed by atoms with Gasteiger partial charge in [0.05, 0.1) is 0 Å². The maximum atomic E-state index is 12.3. The fraction of sp³-hybridized carbons (Fsp3) is 0.824. The van der Waals surface area contributed by atoms with Gasteiger partial charge >= 0.3 is 0 Å². The first kappa shape index (κ1) is 21.4. The van der Waals surface area contributed by atoms with Crippen LogP contribution in [-0.2, 0) is 14.4 Å². The van der Waals surface area contributed by atoms with E-state index >= 15 is 0 Å². The van der Waals surface area contributed by atoms with E-state index in [4.69, 9.17) is 5.73 Å². The summed E-state index contributed by atoms with van der Waals surface area (Å²) in [6.07, 6.45) is 7.17. The van der Waals surface area contributed by atoms with E-state index in [1.165, 1.54) is 26.2 Å². The molecule has 134 valence electrons. The van der Waals surface area contributed by atoms with Crippen molar-refractivity contribution in [1.82, 2.24) is 10.6 Å². The molecule has 0 aromatic rings. The van der Waals surface area contributed by atoms with Crippen molar-refractivity contribution in [2.75, 3.05) is 0 Å². The first-order valence-electron chi connectivity index (χ1n) is 8.66. The second-order valence-electron chi connectivity index (χ2n) is 6.44. The Balaban J connectivity index is 4.41. The summed E-state index contributed by atoms with van der Waals surface area (Å²) in [4.78, 5) is 35.0. The molecule has 0 aromatic heterocycles.